The molecule has 0 saturated heterocycles. The topological polar surface area (TPSA) is 12.9 Å². The molecule has 1 atom stereocenters. The van der Waals surface area contributed by atoms with E-state index in [2.05, 4.69) is 4.98 Å². The van der Waals surface area contributed by atoms with Crippen LogP contribution in [0.2, 0.25) is 5.02 Å². The molecule has 18 heavy (non-hydrogen) atoms. The van der Waals surface area contributed by atoms with E-state index in [4.69, 9.17) is 23.2 Å². The lowest BCUT2D eigenvalue weighted by Crippen LogP contribution is -2.00. The van der Waals surface area contributed by atoms with Crippen molar-refractivity contribution in [3.05, 3.63) is 63.9 Å². The molecule has 0 fully saturated rings. The van der Waals surface area contributed by atoms with Gasteiger partial charge in [-0.05, 0) is 42.7 Å². The Kier molecular flexibility index (Phi) is 4.26. The number of hydrogen-bond acceptors (Lipinski definition) is 1. The van der Waals surface area contributed by atoms with E-state index in [0.29, 0.717) is 6.42 Å². The molecule has 1 aromatic carbocycles. The largest absolute Gasteiger partial charge is 0.261 e. The van der Waals surface area contributed by atoms with Gasteiger partial charge in [-0.1, -0.05) is 29.8 Å². The van der Waals surface area contributed by atoms with Crippen LogP contribution in [0, 0.1) is 13.8 Å². The first-order valence-electron chi connectivity index (χ1n) is 5.88. The fourth-order valence-electron chi connectivity index (χ4n) is 1.82. The first-order valence-corrected chi connectivity index (χ1v) is 6.70. The van der Waals surface area contributed by atoms with Crippen LogP contribution in [0.25, 0.3) is 0 Å². The van der Waals surface area contributed by atoms with Gasteiger partial charge < -0.3 is 0 Å². The highest BCUT2D eigenvalue weighted by molar-refractivity contribution is 6.31. The molecule has 0 aliphatic carbocycles. The lowest BCUT2D eigenvalue weighted by Gasteiger charge is -2.12. The number of pyridine rings is 1. The summed E-state index contributed by atoms with van der Waals surface area (Å²) in [5, 5.41) is 0.660. The zero-order chi connectivity index (χ0) is 13.1. The first-order chi connectivity index (χ1) is 8.58. The lowest BCUT2D eigenvalue weighted by atomic mass is 10.0. The van der Waals surface area contributed by atoms with Crippen LogP contribution in [-0.2, 0) is 6.42 Å². The summed E-state index contributed by atoms with van der Waals surface area (Å²) in [4.78, 5) is 4.37. The Balaban J connectivity index is 2.19. The van der Waals surface area contributed by atoms with Crippen molar-refractivity contribution in [2.75, 3.05) is 0 Å². The molecule has 0 aliphatic heterocycles. The third-order valence-corrected chi connectivity index (χ3v) is 3.86. The molecule has 0 radical (unpaired) electrons. The minimum Gasteiger partial charge on any atom is -0.261 e. The van der Waals surface area contributed by atoms with Crippen LogP contribution in [0.3, 0.4) is 0 Å². The quantitative estimate of drug-likeness (QED) is 0.730. The second-order valence-corrected chi connectivity index (χ2v) is 5.38. The van der Waals surface area contributed by atoms with Crippen molar-refractivity contribution in [3.63, 3.8) is 0 Å². The minimum atomic E-state index is -0.100. The molecule has 0 amide bonds. The summed E-state index contributed by atoms with van der Waals surface area (Å²) in [5.74, 6) is 0. The Morgan fingerprint density at radius 1 is 1.17 bits per heavy atom. The summed E-state index contributed by atoms with van der Waals surface area (Å²) >= 11 is 12.6. The van der Waals surface area contributed by atoms with Gasteiger partial charge in [0.05, 0.1) is 5.38 Å². The molecule has 3 heteroatoms. The summed E-state index contributed by atoms with van der Waals surface area (Å²) in [7, 11) is 0. The smallest absolute Gasteiger partial charge is 0.0641 e. The maximum absolute atomic E-state index is 6.44. The van der Waals surface area contributed by atoms with Crippen molar-refractivity contribution in [1.29, 1.82) is 0 Å². The van der Waals surface area contributed by atoms with E-state index in [9.17, 15) is 0 Å². The summed E-state index contributed by atoms with van der Waals surface area (Å²) in [6.07, 6.45) is 2.52. The summed E-state index contributed by atoms with van der Waals surface area (Å²) in [5.41, 5.74) is 4.31. The van der Waals surface area contributed by atoms with Gasteiger partial charge in [0.1, 0.15) is 0 Å². The average molecular weight is 280 g/mol. The average Bonchev–Trinajstić information content (AvgIpc) is 2.35. The van der Waals surface area contributed by atoms with Gasteiger partial charge >= 0.3 is 0 Å². The highest BCUT2D eigenvalue weighted by Gasteiger charge is 2.12. The van der Waals surface area contributed by atoms with Crippen molar-refractivity contribution in [3.8, 4) is 0 Å². The molecule has 1 nitrogen and oxygen atoms in total. The predicted octanol–water partition coefficient (Wildman–Crippen LogP) is 4.87. The third kappa shape index (κ3) is 3.04. The van der Waals surface area contributed by atoms with Gasteiger partial charge in [0.15, 0.2) is 0 Å². The molecule has 2 aromatic rings. The van der Waals surface area contributed by atoms with Crippen LogP contribution in [0.1, 0.15) is 27.8 Å². The predicted molar refractivity (Wildman–Crippen MR) is 77.5 cm³/mol. The van der Waals surface area contributed by atoms with Crippen LogP contribution in [0.15, 0.2) is 36.5 Å². The zero-order valence-electron chi connectivity index (χ0n) is 10.5. The molecular weight excluding hydrogens is 265 g/mol. The fraction of sp³-hybridized carbons (Fsp3) is 0.267. The molecule has 0 saturated carbocycles. The van der Waals surface area contributed by atoms with E-state index in [1.54, 1.807) is 6.20 Å². The van der Waals surface area contributed by atoms with E-state index in [0.717, 1.165) is 21.8 Å². The molecule has 0 spiro atoms. The fourth-order valence-corrected chi connectivity index (χ4v) is 2.29. The summed E-state index contributed by atoms with van der Waals surface area (Å²) in [6.45, 7) is 4.03. The number of hydrogen-bond donors (Lipinski definition) is 0. The standard InChI is InChI=1S/C15H15Cl2N/c1-10-5-6-12(8-13(10)16)14(17)9-15-11(2)4-3-7-18-15/h3-8,14H,9H2,1-2H3. The van der Waals surface area contributed by atoms with E-state index >= 15 is 0 Å². The number of aryl methyl sites for hydroxylation is 2. The Morgan fingerprint density at radius 3 is 2.61 bits per heavy atom. The van der Waals surface area contributed by atoms with Crippen molar-refractivity contribution >= 4 is 23.2 Å². The second-order valence-electron chi connectivity index (χ2n) is 4.45. The molecule has 0 N–H and O–H groups in total. The number of rotatable bonds is 3. The maximum atomic E-state index is 6.44. The van der Waals surface area contributed by atoms with E-state index in [-0.39, 0.29) is 5.38 Å². The molecule has 2 rings (SSSR count). The molecule has 1 unspecified atom stereocenters. The number of alkyl halides is 1. The number of nitrogens with zero attached hydrogens (tertiary/aromatic N) is 1. The van der Waals surface area contributed by atoms with Crippen LogP contribution < -0.4 is 0 Å². The van der Waals surface area contributed by atoms with Gasteiger partial charge in [0.2, 0.25) is 0 Å². The maximum Gasteiger partial charge on any atom is 0.0641 e. The number of aromatic nitrogens is 1. The van der Waals surface area contributed by atoms with Crippen molar-refractivity contribution in [1.82, 2.24) is 4.98 Å². The molecule has 1 heterocycles. The Labute approximate surface area is 118 Å². The first kappa shape index (κ1) is 13.4. The molecule has 0 aliphatic rings. The zero-order valence-corrected chi connectivity index (χ0v) is 12.0. The molecule has 0 bridgehead atoms. The van der Waals surface area contributed by atoms with Crippen LogP contribution in [-0.4, -0.2) is 4.98 Å². The molecule has 94 valence electrons. The van der Waals surface area contributed by atoms with Crippen molar-refractivity contribution < 1.29 is 0 Å². The van der Waals surface area contributed by atoms with Crippen LogP contribution in [0.4, 0.5) is 0 Å². The van der Waals surface area contributed by atoms with Gasteiger partial charge in [-0.3, -0.25) is 4.98 Å². The molecule has 1 aromatic heterocycles. The van der Waals surface area contributed by atoms with Gasteiger partial charge in [0.25, 0.3) is 0 Å². The SMILES string of the molecule is Cc1ccc(C(Cl)Cc2ncccc2C)cc1Cl. The summed E-state index contributed by atoms with van der Waals surface area (Å²) in [6, 6.07) is 9.95. The van der Waals surface area contributed by atoms with E-state index in [1.807, 2.05) is 44.2 Å². The second kappa shape index (κ2) is 5.73. The van der Waals surface area contributed by atoms with Crippen LogP contribution in [0.5, 0.6) is 0 Å². The van der Waals surface area contributed by atoms with Crippen molar-refractivity contribution in [2.45, 2.75) is 25.6 Å². The number of halogens is 2. The van der Waals surface area contributed by atoms with Gasteiger partial charge in [0, 0.05) is 23.3 Å². The number of benzene rings is 1. The van der Waals surface area contributed by atoms with Crippen molar-refractivity contribution in [2.24, 2.45) is 0 Å². The third-order valence-electron chi connectivity index (χ3n) is 3.05. The Bertz CT molecular complexity index is 552. The lowest BCUT2D eigenvalue weighted by molar-refractivity contribution is 0.869. The minimum absolute atomic E-state index is 0.100. The monoisotopic (exact) mass is 279 g/mol. The normalized spacial score (nSPS) is 12.4. The highest BCUT2D eigenvalue weighted by atomic mass is 35.5. The highest BCUT2D eigenvalue weighted by Crippen LogP contribution is 2.28. The van der Waals surface area contributed by atoms with Gasteiger partial charge in [-0.15, -0.1) is 11.6 Å². The summed E-state index contributed by atoms with van der Waals surface area (Å²) < 4.78 is 0. The van der Waals surface area contributed by atoms with E-state index < -0.39 is 0 Å². The van der Waals surface area contributed by atoms with Crippen LogP contribution >= 0.6 is 23.2 Å². The Hall–Kier alpha value is -1.05. The Morgan fingerprint density at radius 2 is 1.94 bits per heavy atom. The van der Waals surface area contributed by atoms with E-state index in [1.165, 1.54) is 5.56 Å². The van der Waals surface area contributed by atoms with Gasteiger partial charge in [-0.2, -0.15) is 0 Å². The van der Waals surface area contributed by atoms with Gasteiger partial charge in [-0.25, -0.2) is 0 Å². The molecular formula is C15H15Cl2N.